The molecular weight excluding hydrogens is 286 g/mol. The number of carbonyl (C=O) groups is 1. The van der Waals surface area contributed by atoms with Crippen molar-refractivity contribution in [2.75, 3.05) is 0 Å². The molecule has 1 aromatic heterocycles. The second-order valence-corrected chi connectivity index (χ2v) is 5.25. The topological polar surface area (TPSA) is 115 Å². The molecule has 0 fully saturated rings. The minimum absolute atomic E-state index is 0.209. The molecule has 7 nitrogen and oxygen atoms in total. The molecule has 22 heavy (non-hydrogen) atoms. The number of aromatic hydroxyl groups is 1. The number of hydrogen-bond acceptors (Lipinski definition) is 4. The van der Waals surface area contributed by atoms with Gasteiger partial charge in [-0.15, -0.1) is 0 Å². The summed E-state index contributed by atoms with van der Waals surface area (Å²) in [7, 11) is 0. The molecule has 2 aromatic rings. The predicted octanol–water partition coefficient (Wildman–Crippen LogP) is 0.576. The number of aromatic amines is 2. The van der Waals surface area contributed by atoms with Crippen molar-refractivity contribution in [1.82, 2.24) is 15.3 Å². The third-order valence-electron chi connectivity index (χ3n) is 3.82. The van der Waals surface area contributed by atoms with Crippen LogP contribution in [0.15, 0.2) is 33.9 Å². The van der Waals surface area contributed by atoms with Crippen molar-refractivity contribution in [2.24, 2.45) is 0 Å². The van der Waals surface area contributed by atoms with Crippen LogP contribution in [0.4, 0.5) is 0 Å². The van der Waals surface area contributed by atoms with E-state index in [1.54, 1.807) is 0 Å². The first-order valence-corrected chi connectivity index (χ1v) is 7.00. The maximum absolute atomic E-state index is 12.3. The Balaban J connectivity index is 1.90. The van der Waals surface area contributed by atoms with Crippen LogP contribution in [-0.4, -0.2) is 21.0 Å². The van der Waals surface area contributed by atoms with Crippen molar-refractivity contribution < 1.29 is 9.90 Å². The molecule has 1 aliphatic rings. The van der Waals surface area contributed by atoms with E-state index in [1.165, 1.54) is 5.56 Å². The summed E-state index contributed by atoms with van der Waals surface area (Å²) >= 11 is 0. The zero-order valence-corrected chi connectivity index (χ0v) is 11.7. The number of hydrogen-bond donors (Lipinski definition) is 4. The van der Waals surface area contributed by atoms with Crippen LogP contribution in [0.2, 0.25) is 0 Å². The Bertz CT molecular complexity index is 837. The van der Waals surface area contributed by atoms with E-state index in [4.69, 9.17) is 0 Å². The van der Waals surface area contributed by atoms with E-state index in [0.29, 0.717) is 0 Å². The summed E-state index contributed by atoms with van der Waals surface area (Å²) < 4.78 is 0. The van der Waals surface area contributed by atoms with E-state index in [2.05, 4.69) is 10.3 Å². The number of aryl methyl sites for hydroxylation is 1. The van der Waals surface area contributed by atoms with Gasteiger partial charge in [-0.1, -0.05) is 24.3 Å². The Labute approximate surface area is 125 Å². The Hall–Kier alpha value is -2.83. The van der Waals surface area contributed by atoms with Gasteiger partial charge in [0.1, 0.15) is 0 Å². The van der Waals surface area contributed by atoms with Crippen LogP contribution in [0.5, 0.6) is 5.75 Å². The van der Waals surface area contributed by atoms with Crippen LogP contribution >= 0.6 is 0 Å². The fourth-order valence-corrected chi connectivity index (χ4v) is 2.78. The van der Waals surface area contributed by atoms with Crippen molar-refractivity contribution >= 4 is 5.91 Å². The molecule has 0 saturated carbocycles. The number of carbonyl (C=O) groups excluding carboxylic acids is 1. The number of nitrogens with one attached hydrogen (secondary N) is 3. The SMILES string of the molecule is O=C(N[C@H]1CCCc2ccccc21)c1[nH]c(=O)[nH]c(=O)c1O. The first-order valence-electron chi connectivity index (χ1n) is 7.00. The average Bonchev–Trinajstić information content (AvgIpc) is 2.51. The number of aromatic nitrogens is 2. The standard InChI is InChI=1S/C15H15N3O4/c19-12-11(17-15(22)18-14(12)21)13(20)16-10-7-3-5-8-4-1-2-6-9(8)10/h1-2,4,6,10,19H,3,5,7H2,(H,16,20)(H2,17,18,21,22)/t10-/m0/s1. The minimum atomic E-state index is -0.988. The average molecular weight is 301 g/mol. The molecule has 0 spiro atoms. The number of rotatable bonds is 2. The van der Waals surface area contributed by atoms with Gasteiger partial charge in [0.25, 0.3) is 11.5 Å². The molecular formula is C15H15N3O4. The highest BCUT2D eigenvalue weighted by Crippen LogP contribution is 2.29. The van der Waals surface area contributed by atoms with Gasteiger partial charge in [-0.2, -0.15) is 0 Å². The Morgan fingerprint density at radius 2 is 2.00 bits per heavy atom. The molecule has 1 heterocycles. The Morgan fingerprint density at radius 3 is 2.82 bits per heavy atom. The third kappa shape index (κ3) is 2.52. The maximum atomic E-state index is 12.3. The molecule has 0 saturated heterocycles. The van der Waals surface area contributed by atoms with E-state index >= 15 is 0 Å². The molecule has 3 rings (SSSR count). The first kappa shape index (κ1) is 14.1. The first-order chi connectivity index (χ1) is 10.6. The van der Waals surface area contributed by atoms with E-state index in [1.807, 2.05) is 29.2 Å². The van der Waals surface area contributed by atoms with Crippen molar-refractivity contribution in [2.45, 2.75) is 25.3 Å². The van der Waals surface area contributed by atoms with E-state index in [0.717, 1.165) is 24.8 Å². The lowest BCUT2D eigenvalue weighted by Gasteiger charge is -2.26. The number of benzene rings is 1. The molecule has 1 amide bonds. The van der Waals surface area contributed by atoms with Crippen molar-refractivity contribution in [3.63, 3.8) is 0 Å². The predicted molar refractivity (Wildman–Crippen MR) is 78.9 cm³/mol. The Kier molecular flexibility index (Phi) is 3.54. The molecule has 0 aliphatic heterocycles. The monoisotopic (exact) mass is 301 g/mol. The van der Waals surface area contributed by atoms with E-state index in [9.17, 15) is 19.5 Å². The van der Waals surface area contributed by atoms with Crippen LogP contribution in [0.1, 0.15) is 40.5 Å². The van der Waals surface area contributed by atoms with Gasteiger partial charge in [0.15, 0.2) is 5.69 Å². The van der Waals surface area contributed by atoms with Gasteiger partial charge >= 0.3 is 5.69 Å². The van der Waals surface area contributed by atoms with Crippen molar-refractivity contribution in [3.8, 4) is 5.75 Å². The largest absolute Gasteiger partial charge is 0.501 e. The third-order valence-corrected chi connectivity index (χ3v) is 3.82. The van der Waals surface area contributed by atoms with Gasteiger partial charge in [0.2, 0.25) is 5.75 Å². The number of amides is 1. The number of H-pyrrole nitrogens is 2. The van der Waals surface area contributed by atoms with Crippen LogP contribution in [0.25, 0.3) is 0 Å². The lowest BCUT2D eigenvalue weighted by Crippen LogP contribution is -2.34. The zero-order chi connectivity index (χ0) is 15.7. The molecule has 0 bridgehead atoms. The summed E-state index contributed by atoms with van der Waals surface area (Å²) in [6.45, 7) is 0. The molecule has 1 aromatic carbocycles. The Morgan fingerprint density at radius 1 is 1.23 bits per heavy atom. The fourth-order valence-electron chi connectivity index (χ4n) is 2.78. The summed E-state index contributed by atoms with van der Waals surface area (Å²) in [4.78, 5) is 38.9. The highest BCUT2D eigenvalue weighted by molar-refractivity contribution is 5.94. The molecule has 1 atom stereocenters. The second kappa shape index (κ2) is 5.51. The summed E-state index contributed by atoms with van der Waals surface area (Å²) in [5.41, 5.74) is -0.0526. The van der Waals surface area contributed by atoms with Gasteiger partial charge in [0.05, 0.1) is 6.04 Å². The van der Waals surface area contributed by atoms with Crippen LogP contribution in [-0.2, 0) is 6.42 Å². The van der Waals surface area contributed by atoms with Gasteiger partial charge in [-0.25, -0.2) is 4.79 Å². The van der Waals surface area contributed by atoms with Crippen molar-refractivity contribution in [3.05, 3.63) is 61.9 Å². The second-order valence-electron chi connectivity index (χ2n) is 5.25. The minimum Gasteiger partial charge on any atom is -0.501 e. The maximum Gasteiger partial charge on any atom is 0.326 e. The number of fused-ring (bicyclic) bond motifs is 1. The van der Waals surface area contributed by atoms with Crippen LogP contribution < -0.4 is 16.6 Å². The lowest BCUT2D eigenvalue weighted by molar-refractivity contribution is 0.0923. The van der Waals surface area contributed by atoms with Crippen LogP contribution in [0, 0.1) is 0 Å². The van der Waals surface area contributed by atoms with Gasteiger partial charge in [-0.05, 0) is 30.4 Å². The van der Waals surface area contributed by atoms with Crippen molar-refractivity contribution in [1.29, 1.82) is 0 Å². The van der Waals surface area contributed by atoms with Gasteiger partial charge < -0.3 is 10.4 Å². The summed E-state index contributed by atoms with van der Waals surface area (Å²) in [6, 6.07) is 7.60. The molecule has 114 valence electrons. The fraction of sp³-hybridized carbons (Fsp3) is 0.267. The van der Waals surface area contributed by atoms with Gasteiger partial charge in [0, 0.05) is 0 Å². The molecule has 1 aliphatic carbocycles. The molecule has 0 unspecified atom stereocenters. The quantitative estimate of drug-likeness (QED) is 0.649. The van der Waals surface area contributed by atoms with Gasteiger partial charge in [-0.3, -0.25) is 19.6 Å². The summed E-state index contributed by atoms with van der Waals surface area (Å²) in [6.07, 6.45) is 2.65. The van der Waals surface area contributed by atoms with Crippen LogP contribution in [0.3, 0.4) is 0 Å². The van der Waals surface area contributed by atoms with E-state index in [-0.39, 0.29) is 6.04 Å². The molecule has 7 heteroatoms. The smallest absolute Gasteiger partial charge is 0.326 e. The highest BCUT2D eigenvalue weighted by Gasteiger charge is 2.24. The van der Waals surface area contributed by atoms with E-state index < -0.39 is 28.6 Å². The molecule has 4 N–H and O–H groups in total. The highest BCUT2D eigenvalue weighted by atomic mass is 16.3. The molecule has 0 radical (unpaired) electrons. The lowest BCUT2D eigenvalue weighted by atomic mass is 9.87. The summed E-state index contributed by atoms with van der Waals surface area (Å²) in [5.74, 6) is -1.47. The summed E-state index contributed by atoms with van der Waals surface area (Å²) in [5, 5.41) is 12.4. The normalized spacial score (nSPS) is 16.8. The zero-order valence-electron chi connectivity index (χ0n) is 11.7.